The van der Waals surface area contributed by atoms with Gasteiger partial charge in [0.05, 0.1) is 4.90 Å². The van der Waals surface area contributed by atoms with E-state index in [4.69, 9.17) is 16.3 Å². The Labute approximate surface area is 203 Å². The Bertz CT molecular complexity index is 1300. The highest BCUT2D eigenvalue weighted by Crippen LogP contribution is 2.23. The number of nitrogens with one attached hydrogen (secondary N) is 2. The fourth-order valence-corrected chi connectivity index (χ4v) is 4.70. The number of ether oxygens (including phenoxy) is 1. The zero-order chi connectivity index (χ0) is 21.8. The van der Waals surface area contributed by atoms with Crippen molar-refractivity contribution in [1.29, 1.82) is 0 Å². The van der Waals surface area contributed by atoms with Gasteiger partial charge in [0.1, 0.15) is 12.4 Å². The molecular weight excluding hydrogens is 512 g/mol. The van der Waals surface area contributed by atoms with E-state index in [1.54, 1.807) is 30.3 Å². The maximum absolute atomic E-state index is 12.6. The first kappa shape index (κ1) is 24.3. The Balaban J connectivity index is 0.00000289. The van der Waals surface area contributed by atoms with E-state index >= 15 is 0 Å². The van der Waals surface area contributed by atoms with Gasteiger partial charge in [0.15, 0.2) is 0 Å². The number of aromatic nitrogens is 1. The lowest BCUT2D eigenvalue weighted by Crippen LogP contribution is -2.26. The molecule has 0 aliphatic rings. The molecule has 0 saturated carbocycles. The molecule has 0 radical (unpaired) electrons. The van der Waals surface area contributed by atoms with Crippen LogP contribution >= 0.6 is 28.6 Å². The van der Waals surface area contributed by atoms with Crippen molar-refractivity contribution >= 4 is 49.5 Å². The number of sulfonamides is 1. The molecular formula is C24H24BrClN2O3S. The lowest BCUT2D eigenvalue weighted by molar-refractivity contribution is 0.304. The molecule has 1 heterocycles. The minimum absolute atomic E-state index is 0. The van der Waals surface area contributed by atoms with Crippen LogP contribution in [0, 0.1) is 6.92 Å². The van der Waals surface area contributed by atoms with E-state index in [-0.39, 0.29) is 21.9 Å². The number of aromatic amines is 1. The van der Waals surface area contributed by atoms with Crippen LogP contribution in [-0.4, -0.2) is 19.9 Å². The average Bonchev–Trinajstić information content (AvgIpc) is 3.16. The second-order valence-electron chi connectivity index (χ2n) is 7.35. The topological polar surface area (TPSA) is 71.2 Å². The Morgan fingerprint density at radius 2 is 1.78 bits per heavy atom. The van der Waals surface area contributed by atoms with Gasteiger partial charge in [-0.2, -0.15) is 0 Å². The Hall–Kier alpha value is -2.32. The van der Waals surface area contributed by atoms with Gasteiger partial charge in [-0.15, -0.1) is 17.0 Å². The second-order valence-corrected chi connectivity index (χ2v) is 9.55. The first-order valence-corrected chi connectivity index (χ1v) is 11.8. The molecule has 4 rings (SSSR count). The Kier molecular flexibility index (Phi) is 8.00. The number of hydrogen-bond acceptors (Lipinski definition) is 3. The standard InChI is InChI=1S/C24H23ClN2O3S.BrH/c1-17-14-20(25)8-11-24(17)30-16-18-6-9-21(10-7-18)31(28,29)27-13-12-19-15-26-23-5-3-2-4-22(19)23;/h2-11,14-15,26-27H,12-13,16H2,1H3;1H. The maximum atomic E-state index is 12.6. The number of rotatable bonds is 8. The summed E-state index contributed by atoms with van der Waals surface area (Å²) in [6.45, 7) is 2.60. The highest BCUT2D eigenvalue weighted by atomic mass is 79.9. The summed E-state index contributed by atoms with van der Waals surface area (Å²) in [6, 6.07) is 20.1. The zero-order valence-corrected chi connectivity index (χ0v) is 20.8. The molecule has 0 aliphatic heterocycles. The summed E-state index contributed by atoms with van der Waals surface area (Å²) in [4.78, 5) is 3.44. The van der Waals surface area contributed by atoms with Crippen molar-refractivity contribution in [3.8, 4) is 5.75 Å². The molecule has 0 fully saturated rings. The predicted molar refractivity (Wildman–Crippen MR) is 134 cm³/mol. The van der Waals surface area contributed by atoms with Crippen molar-refractivity contribution in [2.75, 3.05) is 6.54 Å². The number of halogens is 2. The van der Waals surface area contributed by atoms with Crippen LogP contribution in [0.1, 0.15) is 16.7 Å². The molecule has 168 valence electrons. The normalized spacial score (nSPS) is 11.3. The molecule has 1 aromatic heterocycles. The summed E-state index contributed by atoms with van der Waals surface area (Å²) in [7, 11) is -3.58. The SMILES string of the molecule is Br.Cc1cc(Cl)ccc1OCc1ccc(S(=O)(=O)NCCc2c[nH]c3ccccc23)cc1. The molecule has 0 atom stereocenters. The van der Waals surface area contributed by atoms with Crippen molar-refractivity contribution in [1.82, 2.24) is 9.71 Å². The highest BCUT2D eigenvalue weighted by Gasteiger charge is 2.14. The molecule has 0 spiro atoms. The lowest BCUT2D eigenvalue weighted by Gasteiger charge is -2.10. The largest absolute Gasteiger partial charge is 0.489 e. The van der Waals surface area contributed by atoms with Crippen LogP contribution in [0.15, 0.2) is 77.8 Å². The summed E-state index contributed by atoms with van der Waals surface area (Å²) < 4.78 is 33.8. The minimum Gasteiger partial charge on any atom is -0.489 e. The average molecular weight is 536 g/mol. The molecule has 2 N–H and O–H groups in total. The molecule has 3 aromatic carbocycles. The van der Waals surface area contributed by atoms with Crippen molar-refractivity contribution in [3.05, 3.63) is 94.6 Å². The number of hydrogen-bond donors (Lipinski definition) is 2. The first-order valence-electron chi connectivity index (χ1n) is 9.95. The van der Waals surface area contributed by atoms with Gasteiger partial charge in [-0.05, 0) is 66.4 Å². The molecule has 0 bridgehead atoms. The van der Waals surface area contributed by atoms with Gasteiger partial charge < -0.3 is 9.72 Å². The summed E-state index contributed by atoms with van der Waals surface area (Å²) >= 11 is 5.97. The van der Waals surface area contributed by atoms with Gasteiger partial charge in [-0.1, -0.05) is 41.9 Å². The number of aryl methyl sites for hydroxylation is 1. The summed E-state index contributed by atoms with van der Waals surface area (Å²) in [5.74, 6) is 0.750. The highest BCUT2D eigenvalue weighted by molar-refractivity contribution is 8.93. The van der Waals surface area contributed by atoms with Crippen LogP contribution < -0.4 is 9.46 Å². The van der Waals surface area contributed by atoms with Gasteiger partial charge in [-0.3, -0.25) is 0 Å². The van der Waals surface area contributed by atoms with E-state index in [0.717, 1.165) is 33.3 Å². The fourth-order valence-electron chi connectivity index (χ4n) is 3.44. The second kappa shape index (κ2) is 10.5. The smallest absolute Gasteiger partial charge is 0.240 e. The molecule has 32 heavy (non-hydrogen) atoms. The number of fused-ring (bicyclic) bond motifs is 1. The zero-order valence-electron chi connectivity index (χ0n) is 17.5. The third-order valence-corrected chi connectivity index (χ3v) is 6.84. The fraction of sp³-hybridized carbons (Fsp3) is 0.167. The molecule has 0 aliphatic carbocycles. The Morgan fingerprint density at radius 3 is 2.53 bits per heavy atom. The Morgan fingerprint density at radius 1 is 1.03 bits per heavy atom. The first-order chi connectivity index (χ1) is 14.9. The summed E-state index contributed by atoms with van der Waals surface area (Å²) in [5.41, 5.74) is 3.97. The minimum atomic E-state index is -3.58. The van der Waals surface area contributed by atoms with Crippen molar-refractivity contribution in [2.24, 2.45) is 0 Å². The third-order valence-electron chi connectivity index (χ3n) is 5.13. The van der Waals surface area contributed by atoms with E-state index < -0.39 is 10.0 Å². The van der Waals surface area contributed by atoms with Crippen molar-refractivity contribution in [2.45, 2.75) is 24.8 Å². The number of para-hydroxylation sites is 1. The molecule has 0 unspecified atom stereocenters. The van der Waals surface area contributed by atoms with E-state index in [9.17, 15) is 8.42 Å². The van der Waals surface area contributed by atoms with Crippen LogP contribution in [-0.2, 0) is 23.1 Å². The number of H-pyrrole nitrogens is 1. The monoisotopic (exact) mass is 534 g/mol. The van der Waals surface area contributed by atoms with Crippen LogP contribution in [0.25, 0.3) is 10.9 Å². The van der Waals surface area contributed by atoms with Gasteiger partial charge in [0.2, 0.25) is 10.0 Å². The van der Waals surface area contributed by atoms with E-state index in [1.807, 2.05) is 49.5 Å². The molecule has 0 amide bonds. The predicted octanol–water partition coefficient (Wildman–Crippen LogP) is 5.81. The summed E-state index contributed by atoms with van der Waals surface area (Å²) in [5, 5.41) is 1.78. The van der Waals surface area contributed by atoms with Gasteiger partial charge in [-0.25, -0.2) is 13.1 Å². The molecule has 8 heteroatoms. The van der Waals surface area contributed by atoms with E-state index in [2.05, 4.69) is 9.71 Å². The quantitative estimate of drug-likeness (QED) is 0.299. The van der Waals surface area contributed by atoms with Crippen LogP contribution in [0.3, 0.4) is 0 Å². The van der Waals surface area contributed by atoms with Crippen LogP contribution in [0.5, 0.6) is 5.75 Å². The van der Waals surface area contributed by atoms with Crippen LogP contribution in [0.4, 0.5) is 0 Å². The molecule has 0 saturated heterocycles. The van der Waals surface area contributed by atoms with E-state index in [1.165, 1.54) is 0 Å². The maximum Gasteiger partial charge on any atom is 0.240 e. The van der Waals surface area contributed by atoms with Gasteiger partial charge >= 0.3 is 0 Å². The van der Waals surface area contributed by atoms with Gasteiger partial charge in [0, 0.05) is 28.7 Å². The lowest BCUT2D eigenvalue weighted by atomic mass is 10.1. The van der Waals surface area contributed by atoms with E-state index in [0.29, 0.717) is 24.6 Å². The summed E-state index contributed by atoms with van der Waals surface area (Å²) in [6.07, 6.45) is 2.53. The number of benzene rings is 3. The third kappa shape index (κ3) is 5.72. The molecule has 4 aromatic rings. The van der Waals surface area contributed by atoms with Gasteiger partial charge in [0.25, 0.3) is 0 Å². The van der Waals surface area contributed by atoms with Crippen molar-refractivity contribution < 1.29 is 13.2 Å². The van der Waals surface area contributed by atoms with Crippen molar-refractivity contribution in [3.63, 3.8) is 0 Å². The van der Waals surface area contributed by atoms with Crippen LogP contribution in [0.2, 0.25) is 5.02 Å². The molecule has 5 nitrogen and oxygen atoms in total.